The van der Waals surface area contributed by atoms with E-state index < -0.39 is 17.7 Å². The molecule has 3 amide bonds. The van der Waals surface area contributed by atoms with Gasteiger partial charge in [0.2, 0.25) is 11.8 Å². The largest absolute Gasteiger partial charge is 0.392 e. The summed E-state index contributed by atoms with van der Waals surface area (Å²) in [4.78, 5) is 45.9. The van der Waals surface area contributed by atoms with E-state index >= 15 is 0 Å². The molecule has 0 aromatic heterocycles. The number of aliphatic hydroxyl groups excluding tert-OH is 1. The first kappa shape index (κ1) is 21.8. The molecule has 32 heavy (non-hydrogen) atoms. The zero-order valence-electron chi connectivity index (χ0n) is 18.1. The van der Waals surface area contributed by atoms with Gasteiger partial charge in [-0.1, -0.05) is 29.8 Å². The van der Waals surface area contributed by atoms with Gasteiger partial charge in [-0.2, -0.15) is 0 Å². The summed E-state index contributed by atoms with van der Waals surface area (Å²) in [6.07, 6.45) is 1.80. The zero-order valence-corrected chi connectivity index (χ0v) is 18.8. The number of carbonyl (C=O) groups excluding carboxylic acids is 3. The topological polar surface area (TPSA) is 84.4 Å². The molecule has 0 bridgehead atoms. The number of nitrogens with zero attached hydrogens (tertiary/aromatic N) is 4. The molecule has 0 saturated carbocycles. The Balaban J connectivity index is 1.29. The van der Waals surface area contributed by atoms with Crippen LogP contribution in [0.2, 0.25) is 5.02 Å². The number of likely N-dealkylation sites (tertiary alicyclic amines) is 2. The van der Waals surface area contributed by atoms with Crippen LogP contribution in [0.5, 0.6) is 0 Å². The van der Waals surface area contributed by atoms with Crippen molar-refractivity contribution in [2.24, 2.45) is 0 Å². The minimum Gasteiger partial charge on any atom is -0.392 e. The molecule has 4 fully saturated rings. The highest BCUT2D eigenvalue weighted by atomic mass is 35.5. The molecule has 1 aromatic carbocycles. The van der Waals surface area contributed by atoms with Gasteiger partial charge in [-0.05, 0) is 30.9 Å². The molecule has 0 radical (unpaired) electrons. The molecule has 2 unspecified atom stereocenters. The SMILES string of the molecule is O=C1CCCN1CCCN1C(=O)C2CC(O)CN2C2(CN(Cc3ccccc3Cl)C2)C1=O. The Labute approximate surface area is 192 Å². The number of halogens is 1. The van der Waals surface area contributed by atoms with Gasteiger partial charge in [0.25, 0.3) is 5.91 Å². The minimum absolute atomic E-state index is 0.150. The van der Waals surface area contributed by atoms with Crippen LogP contribution in [0, 0.1) is 0 Å². The summed E-state index contributed by atoms with van der Waals surface area (Å²) in [7, 11) is 0. The Hall–Kier alpha value is -2.00. The summed E-state index contributed by atoms with van der Waals surface area (Å²) in [5.74, 6) is -0.234. The number of fused-ring (bicyclic) bond motifs is 2. The van der Waals surface area contributed by atoms with E-state index in [-0.39, 0.29) is 17.7 Å². The smallest absolute Gasteiger partial charge is 0.252 e. The lowest BCUT2D eigenvalue weighted by molar-refractivity contribution is -0.180. The Morgan fingerprint density at radius 2 is 1.91 bits per heavy atom. The molecule has 5 rings (SSSR count). The van der Waals surface area contributed by atoms with Crippen molar-refractivity contribution in [2.75, 3.05) is 39.3 Å². The third-order valence-corrected chi connectivity index (χ3v) is 7.70. The van der Waals surface area contributed by atoms with E-state index in [4.69, 9.17) is 11.6 Å². The van der Waals surface area contributed by atoms with E-state index in [1.807, 2.05) is 34.1 Å². The second-order valence-corrected chi connectivity index (χ2v) is 9.87. The second kappa shape index (κ2) is 8.41. The number of β-amino-alcohol motifs (C(OH)–C–C–N with tert-alkyl or cyclic N) is 1. The van der Waals surface area contributed by atoms with E-state index in [0.29, 0.717) is 63.6 Å². The molecular weight excluding hydrogens is 432 g/mol. The summed E-state index contributed by atoms with van der Waals surface area (Å²) < 4.78 is 0. The Morgan fingerprint density at radius 1 is 1.12 bits per heavy atom. The molecule has 4 aliphatic heterocycles. The number of piperazine rings is 1. The van der Waals surface area contributed by atoms with Crippen molar-refractivity contribution in [1.29, 1.82) is 0 Å². The average Bonchev–Trinajstić information content (AvgIpc) is 3.33. The number of aliphatic hydroxyl groups is 1. The summed E-state index contributed by atoms with van der Waals surface area (Å²) in [5.41, 5.74) is 0.231. The molecule has 4 saturated heterocycles. The zero-order chi connectivity index (χ0) is 22.5. The predicted octanol–water partition coefficient (Wildman–Crippen LogP) is 0.711. The fourth-order valence-corrected chi connectivity index (χ4v) is 5.93. The highest BCUT2D eigenvalue weighted by molar-refractivity contribution is 6.31. The third kappa shape index (κ3) is 3.63. The van der Waals surface area contributed by atoms with Crippen molar-refractivity contribution in [3.63, 3.8) is 0 Å². The summed E-state index contributed by atoms with van der Waals surface area (Å²) in [6, 6.07) is 7.22. The van der Waals surface area contributed by atoms with Crippen LogP contribution in [-0.4, -0.2) is 99.4 Å². The first-order valence-electron chi connectivity index (χ1n) is 11.4. The van der Waals surface area contributed by atoms with Crippen LogP contribution in [0.1, 0.15) is 31.2 Å². The van der Waals surface area contributed by atoms with Crippen molar-refractivity contribution in [2.45, 2.75) is 49.9 Å². The van der Waals surface area contributed by atoms with Gasteiger partial charge < -0.3 is 10.0 Å². The molecule has 1 aromatic rings. The molecular formula is C23H29ClN4O4. The molecule has 1 spiro atoms. The number of rotatable bonds is 6. The first-order chi connectivity index (χ1) is 15.4. The highest BCUT2D eigenvalue weighted by Gasteiger charge is 2.64. The molecule has 8 nitrogen and oxygen atoms in total. The van der Waals surface area contributed by atoms with Gasteiger partial charge in [-0.3, -0.25) is 29.1 Å². The second-order valence-electron chi connectivity index (χ2n) is 9.46. The van der Waals surface area contributed by atoms with Crippen LogP contribution in [0.4, 0.5) is 0 Å². The van der Waals surface area contributed by atoms with Gasteiger partial charge in [-0.15, -0.1) is 0 Å². The highest BCUT2D eigenvalue weighted by Crippen LogP contribution is 2.41. The molecule has 0 aliphatic carbocycles. The van der Waals surface area contributed by atoms with E-state index in [1.54, 1.807) is 0 Å². The van der Waals surface area contributed by atoms with Gasteiger partial charge in [-0.25, -0.2) is 0 Å². The van der Waals surface area contributed by atoms with Gasteiger partial charge in [0.1, 0.15) is 5.54 Å². The number of imide groups is 1. The normalized spacial score (nSPS) is 28.0. The monoisotopic (exact) mass is 460 g/mol. The first-order valence-corrected chi connectivity index (χ1v) is 11.8. The van der Waals surface area contributed by atoms with Crippen molar-refractivity contribution < 1.29 is 19.5 Å². The van der Waals surface area contributed by atoms with Crippen molar-refractivity contribution in [1.82, 2.24) is 19.6 Å². The number of hydrogen-bond donors (Lipinski definition) is 1. The fraction of sp³-hybridized carbons (Fsp3) is 0.609. The van der Waals surface area contributed by atoms with Crippen molar-refractivity contribution >= 4 is 29.3 Å². The molecule has 2 atom stereocenters. The Bertz CT molecular complexity index is 934. The van der Waals surface area contributed by atoms with Gasteiger partial charge in [0.05, 0.1) is 12.1 Å². The van der Waals surface area contributed by atoms with Crippen LogP contribution in [0.15, 0.2) is 24.3 Å². The molecule has 4 aliphatic rings. The number of carbonyl (C=O) groups is 3. The molecule has 4 heterocycles. The summed E-state index contributed by atoms with van der Waals surface area (Å²) in [6.45, 7) is 3.64. The van der Waals surface area contributed by atoms with E-state index in [2.05, 4.69) is 4.90 Å². The summed E-state index contributed by atoms with van der Waals surface area (Å²) >= 11 is 6.31. The maximum absolute atomic E-state index is 13.6. The minimum atomic E-state index is -0.777. The number of amides is 3. The lowest BCUT2D eigenvalue weighted by Gasteiger charge is -2.58. The van der Waals surface area contributed by atoms with Crippen LogP contribution >= 0.6 is 11.6 Å². The number of benzene rings is 1. The van der Waals surface area contributed by atoms with Crippen LogP contribution in [0.25, 0.3) is 0 Å². The fourth-order valence-electron chi connectivity index (χ4n) is 5.74. The van der Waals surface area contributed by atoms with Gasteiger partial charge in [0, 0.05) is 57.3 Å². The molecule has 1 N–H and O–H groups in total. The van der Waals surface area contributed by atoms with E-state index in [9.17, 15) is 19.5 Å². The van der Waals surface area contributed by atoms with E-state index in [0.717, 1.165) is 18.5 Å². The van der Waals surface area contributed by atoms with Crippen LogP contribution in [-0.2, 0) is 20.9 Å². The van der Waals surface area contributed by atoms with Crippen molar-refractivity contribution in [3.05, 3.63) is 34.9 Å². The van der Waals surface area contributed by atoms with Crippen molar-refractivity contribution in [3.8, 4) is 0 Å². The predicted molar refractivity (Wildman–Crippen MR) is 118 cm³/mol. The third-order valence-electron chi connectivity index (χ3n) is 7.33. The van der Waals surface area contributed by atoms with Crippen LogP contribution < -0.4 is 0 Å². The summed E-state index contributed by atoms with van der Waals surface area (Å²) in [5, 5.41) is 11.0. The molecule has 9 heteroatoms. The van der Waals surface area contributed by atoms with Crippen LogP contribution in [0.3, 0.4) is 0 Å². The van der Waals surface area contributed by atoms with E-state index in [1.165, 1.54) is 4.90 Å². The lowest BCUT2D eigenvalue weighted by Crippen LogP contribution is -2.81. The maximum atomic E-state index is 13.6. The average molecular weight is 461 g/mol. The lowest BCUT2D eigenvalue weighted by atomic mass is 9.82. The quantitative estimate of drug-likeness (QED) is 0.629. The maximum Gasteiger partial charge on any atom is 0.252 e. The molecule has 172 valence electrons. The Morgan fingerprint density at radius 3 is 2.62 bits per heavy atom. The van der Waals surface area contributed by atoms with Gasteiger partial charge >= 0.3 is 0 Å². The van der Waals surface area contributed by atoms with Gasteiger partial charge in [0.15, 0.2) is 0 Å². The number of hydrogen-bond acceptors (Lipinski definition) is 6. The Kier molecular flexibility index (Phi) is 5.73. The standard InChI is InChI=1S/C23H29ClN4O4/c24-18-6-2-1-5-16(18)12-25-14-23(15-25)22(32)27(10-4-9-26-8-3-7-20(26)30)21(31)19-11-17(29)13-28(19)23/h1-2,5-6,17,19,29H,3-4,7-15H2.